The van der Waals surface area contributed by atoms with Crippen LogP contribution in [0, 0.1) is 11.3 Å². The van der Waals surface area contributed by atoms with Gasteiger partial charge in [0.05, 0.1) is 12.5 Å². The highest BCUT2D eigenvalue weighted by atomic mass is 19.3. The van der Waals surface area contributed by atoms with Gasteiger partial charge >= 0.3 is 0 Å². The Bertz CT molecular complexity index is 410. The molecular formula is C12H11F2NO. The van der Waals surface area contributed by atoms with Crippen LogP contribution in [0.25, 0.3) is 0 Å². The predicted molar refractivity (Wildman–Crippen MR) is 55.1 cm³/mol. The van der Waals surface area contributed by atoms with E-state index in [1.54, 1.807) is 6.07 Å². The maximum atomic E-state index is 12.7. The van der Waals surface area contributed by atoms with Crippen LogP contribution >= 0.6 is 0 Å². The van der Waals surface area contributed by atoms with Gasteiger partial charge in [0.25, 0.3) is 6.43 Å². The fourth-order valence-electron chi connectivity index (χ4n) is 1.60. The summed E-state index contributed by atoms with van der Waals surface area (Å²) in [5.74, 6) is 0. The van der Waals surface area contributed by atoms with Crippen molar-refractivity contribution in [1.29, 1.82) is 5.26 Å². The molecule has 16 heavy (non-hydrogen) atoms. The Morgan fingerprint density at radius 2 is 2.19 bits per heavy atom. The first-order valence-corrected chi connectivity index (χ1v) is 4.90. The first-order chi connectivity index (χ1) is 7.70. The normalized spacial score (nSPS) is 10.1. The van der Waals surface area contributed by atoms with Crippen LogP contribution in [-0.4, -0.2) is 6.29 Å². The van der Waals surface area contributed by atoms with Gasteiger partial charge in [0.15, 0.2) is 0 Å². The highest BCUT2D eigenvalue weighted by Gasteiger charge is 2.15. The summed E-state index contributed by atoms with van der Waals surface area (Å²) >= 11 is 0. The van der Waals surface area contributed by atoms with Crippen molar-refractivity contribution in [3.8, 4) is 6.07 Å². The fourth-order valence-corrected chi connectivity index (χ4v) is 1.60. The highest BCUT2D eigenvalue weighted by Crippen LogP contribution is 2.26. The maximum absolute atomic E-state index is 12.7. The molecule has 0 unspecified atom stereocenters. The average molecular weight is 223 g/mol. The van der Waals surface area contributed by atoms with Crippen molar-refractivity contribution >= 4 is 6.29 Å². The lowest BCUT2D eigenvalue weighted by atomic mass is 9.96. The van der Waals surface area contributed by atoms with E-state index in [4.69, 9.17) is 5.26 Å². The van der Waals surface area contributed by atoms with E-state index in [9.17, 15) is 13.6 Å². The number of aldehydes is 1. The van der Waals surface area contributed by atoms with Gasteiger partial charge in [-0.3, -0.25) is 0 Å². The molecule has 1 rings (SSSR count). The molecule has 4 heteroatoms. The molecular weight excluding hydrogens is 212 g/mol. The molecule has 84 valence electrons. The SMILES string of the molecule is N#CCc1c(CCC=O)cccc1C(F)F. The van der Waals surface area contributed by atoms with Gasteiger partial charge in [-0.2, -0.15) is 5.26 Å². The maximum Gasteiger partial charge on any atom is 0.264 e. The minimum absolute atomic E-state index is 0.0469. The number of hydrogen-bond acceptors (Lipinski definition) is 2. The fraction of sp³-hybridized carbons (Fsp3) is 0.333. The lowest BCUT2D eigenvalue weighted by molar-refractivity contribution is -0.107. The molecule has 0 saturated carbocycles. The van der Waals surface area contributed by atoms with Crippen LogP contribution in [0.15, 0.2) is 18.2 Å². The number of rotatable bonds is 5. The lowest BCUT2D eigenvalue weighted by Gasteiger charge is -2.11. The van der Waals surface area contributed by atoms with Crippen LogP contribution in [0.3, 0.4) is 0 Å². The molecule has 0 N–H and O–H groups in total. The first kappa shape index (κ1) is 12.3. The third-order valence-corrected chi connectivity index (χ3v) is 2.33. The van der Waals surface area contributed by atoms with Gasteiger partial charge in [-0.1, -0.05) is 18.2 Å². The Labute approximate surface area is 92.5 Å². The molecule has 0 atom stereocenters. The molecule has 1 aromatic carbocycles. The smallest absolute Gasteiger partial charge is 0.264 e. The van der Waals surface area contributed by atoms with Crippen molar-refractivity contribution < 1.29 is 13.6 Å². The van der Waals surface area contributed by atoms with E-state index in [0.29, 0.717) is 17.5 Å². The van der Waals surface area contributed by atoms with Crippen molar-refractivity contribution in [2.45, 2.75) is 25.7 Å². The third kappa shape index (κ3) is 2.86. The van der Waals surface area contributed by atoms with Gasteiger partial charge in [0, 0.05) is 12.0 Å². The zero-order valence-electron chi connectivity index (χ0n) is 8.62. The molecule has 0 aliphatic heterocycles. The molecule has 0 saturated heterocycles. The summed E-state index contributed by atoms with van der Waals surface area (Å²) in [5.41, 5.74) is 0.915. The Kier molecular flexibility index (Phi) is 4.59. The Balaban J connectivity index is 3.11. The number of carbonyl (C=O) groups is 1. The van der Waals surface area contributed by atoms with Crippen LogP contribution in [0.5, 0.6) is 0 Å². The van der Waals surface area contributed by atoms with Gasteiger partial charge in [-0.25, -0.2) is 8.78 Å². The number of aryl methyl sites for hydroxylation is 1. The van der Waals surface area contributed by atoms with Crippen molar-refractivity contribution in [3.63, 3.8) is 0 Å². The third-order valence-electron chi connectivity index (χ3n) is 2.33. The van der Waals surface area contributed by atoms with Crippen LogP contribution in [0.2, 0.25) is 0 Å². The molecule has 0 amide bonds. The topological polar surface area (TPSA) is 40.9 Å². The van der Waals surface area contributed by atoms with E-state index in [0.717, 1.165) is 6.29 Å². The zero-order valence-corrected chi connectivity index (χ0v) is 8.62. The Morgan fingerprint density at radius 3 is 2.75 bits per heavy atom. The Morgan fingerprint density at radius 1 is 1.44 bits per heavy atom. The Hall–Kier alpha value is -1.76. The van der Waals surface area contributed by atoms with Crippen molar-refractivity contribution in [2.75, 3.05) is 0 Å². The summed E-state index contributed by atoms with van der Waals surface area (Å²) in [7, 11) is 0. The summed E-state index contributed by atoms with van der Waals surface area (Å²) in [6.45, 7) is 0. The molecule has 0 aromatic heterocycles. The molecule has 0 radical (unpaired) electrons. The number of halogens is 2. The minimum Gasteiger partial charge on any atom is -0.303 e. The second-order valence-corrected chi connectivity index (χ2v) is 3.33. The quantitative estimate of drug-likeness (QED) is 0.720. The molecule has 2 nitrogen and oxygen atoms in total. The second kappa shape index (κ2) is 5.96. The zero-order chi connectivity index (χ0) is 12.0. The van der Waals surface area contributed by atoms with Gasteiger partial charge in [0.1, 0.15) is 6.29 Å². The van der Waals surface area contributed by atoms with Gasteiger partial charge in [-0.15, -0.1) is 0 Å². The van der Waals surface area contributed by atoms with Crippen molar-refractivity contribution in [1.82, 2.24) is 0 Å². The standard InChI is InChI=1S/C12H11F2NO/c13-12(14)11-5-1-3-9(4-2-8-16)10(11)6-7-15/h1,3,5,8,12H,2,4,6H2. The number of benzene rings is 1. The minimum atomic E-state index is -2.58. The first-order valence-electron chi connectivity index (χ1n) is 4.90. The van der Waals surface area contributed by atoms with Crippen molar-refractivity contribution in [3.05, 3.63) is 34.9 Å². The summed E-state index contributed by atoms with van der Waals surface area (Å²) in [5, 5.41) is 8.61. The van der Waals surface area contributed by atoms with Crippen molar-refractivity contribution in [2.24, 2.45) is 0 Å². The monoisotopic (exact) mass is 223 g/mol. The van der Waals surface area contributed by atoms with Crippen LogP contribution in [0.1, 0.15) is 29.5 Å². The van der Waals surface area contributed by atoms with E-state index in [2.05, 4.69) is 0 Å². The lowest BCUT2D eigenvalue weighted by Crippen LogP contribution is -2.00. The number of carbonyl (C=O) groups excluding carboxylic acids is 1. The van der Waals surface area contributed by atoms with E-state index >= 15 is 0 Å². The van der Waals surface area contributed by atoms with Gasteiger partial charge in [0.2, 0.25) is 0 Å². The van der Waals surface area contributed by atoms with Crippen LogP contribution in [-0.2, 0) is 17.6 Å². The number of hydrogen-bond donors (Lipinski definition) is 0. The van der Waals surface area contributed by atoms with E-state index < -0.39 is 6.43 Å². The number of alkyl halides is 2. The summed E-state index contributed by atoms with van der Waals surface area (Å²) in [6, 6.07) is 6.41. The molecule has 0 bridgehead atoms. The highest BCUT2D eigenvalue weighted by molar-refractivity contribution is 5.51. The molecule has 0 spiro atoms. The number of nitriles is 1. The average Bonchev–Trinajstić information content (AvgIpc) is 2.27. The van der Waals surface area contributed by atoms with Crippen LogP contribution < -0.4 is 0 Å². The van der Waals surface area contributed by atoms with Gasteiger partial charge < -0.3 is 4.79 Å². The van der Waals surface area contributed by atoms with Crippen LogP contribution in [0.4, 0.5) is 8.78 Å². The summed E-state index contributed by atoms with van der Waals surface area (Å²) < 4.78 is 25.3. The van der Waals surface area contributed by atoms with E-state index in [1.807, 2.05) is 6.07 Å². The second-order valence-electron chi connectivity index (χ2n) is 3.33. The molecule has 0 aliphatic carbocycles. The predicted octanol–water partition coefficient (Wildman–Crippen LogP) is 2.82. The summed E-state index contributed by atoms with van der Waals surface area (Å²) in [6.07, 6.45) is -1.20. The van der Waals surface area contributed by atoms with E-state index in [1.165, 1.54) is 12.1 Å². The summed E-state index contributed by atoms with van der Waals surface area (Å²) in [4.78, 5) is 10.3. The van der Waals surface area contributed by atoms with Gasteiger partial charge in [-0.05, 0) is 17.5 Å². The molecule has 0 heterocycles. The molecule has 0 aliphatic rings. The molecule has 0 fully saturated rings. The van der Waals surface area contributed by atoms with E-state index in [-0.39, 0.29) is 18.4 Å². The number of nitrogens with zero attached hydrogens (tertiary/aromatic N) is 1. The largest absolute Gasteiger partial charge is 0.303 e. The molecule has 1 aromatic rings.